The molecule has 0 aromatic heterocycles. The van der Waals surface area contributed by atoms with Crippen LogP contribution in [0.4, 0.5) is 17.1 Å². The van der Waals surface area contributed by atoms with E-state index in [1.54, 1.807) is 30.3 Å². The van der Waals surface area contributed by atoms with Gasteiger partial charge in [0.05, 0.1) is 4.92 Å². The fourth-order valence-corrected chi connectivity index (χ4v) is 2.16. The largest absolute Gasteiger partial charge is 0.477 e. The van der Waals surface area contributed by atoms with E-state index in [9.17, 15) is 19.7 Å². The normalized spacial score (nSPS) is 10.0. The number of nitrogens with one attached hydrogen (secondary N) is 2. The number of ether oxygens (including phenoxy) is 1. The summed E-state index contributed by atoms with van der Waals surface area (Å²) in [4.78, 5) is 33.8. The number of amides is 2. The molecule has 0 heterocycles. The molecule has 0 fully saturated rings. The lowest BCUT2D eigenvalue weighted by atomic mass is 10.2. The molecule has 0 spiro atoms. The van der Waals surface area contributed by atoms with Crippen LogP contribution in [0, 0.1) is 10.1 Å². The lowest BCUT2D eigenvalue weighted by Gasteiger charge is -2.09. The van der Waals surface area contributed by atoms with Crippen molar-refractivity contribution in [2.45, 2.75) is 19.8 Å². The molecule has 26 heavy (non-hydrogen) atoms. The number of rotatable bonds is 8. The standard InChI is InChI=1S/C18H19N3O5/c1-2-5-17(22)19-13-8-10-14(11-9-13)20-18(23)12-26-16-7-4-3-6-15(16)21(24)25/h3-4,6-11H,2,5,12H2,1H3,(H,19,22)(H,20,23). The monoisotopic (exact) mass is 357 g/mol. The summed E-state index contributed by atoms with van der Waals surface area (Å²) in [5, 5.41) is 16.3. The van der Waals surface area contributed by atoms with Gasteiger partial charge in [-0.05, 0) is 36.8 Å². The number of benzene rings is 2. The molecule has 0 aliphatic rings. The molecule has 0 radical (unpaired) electrons. The highest BCUT2D eigenvalue weighted by atomic mass is 16.6. The Hall–Kier alpha value is -3.42. The average molecular weight is 357 g/mol. The van der Waals surface area contributed by atoms with E-state index in [0.29, 0.717) is 17.8 Å². The number of para-hydroxylation sites is 2. The molecule has 2 amide bonds. The van der Waals surface area contributed by atoms with Crippen molar-refractivity contribution in [1.82, 2.24) is 0 Å². The number of nitrogens with zero attached hydrogens (tertiary/aromatic N) is 1. The quantitative estimate of drug-likeness (QED) is 0.556. The van der Waals surface area contributed by atoms with Gasteiger partial charge in [0, 0.05) is 23.9 Å². The van der Waals surface area contributed by atoms with Crippen molar-refractivity contribution in [2.75, 3.05) is 17.2 Å². The molecule has 2 N–H and O–H groups in total. The summed E-state index contributed by atoms with van der Waals surface area (Å²) in [5.41, 5.74) is 0.958. The van der Waals surface area contributed by atoms with Gasteiger partial charge in [0.1, 0.15) is 0 Å². The number of nitro benzene ring substituents is 1. The van der Waals surface area contributed by atoms with Crippen LogP contribution in [0.25, 0.3) is 0 Å². The highest BCUT2D eigenvalue weighted by molar-refractivity contribution is 5.93. The zero-order valence-corrected chi connectivity index (χ0v) is 14.2. The summed E-state index contributed by atoms with van der Waals surface area (Å²) >= 11 is 0. The van der Waals surface area contributed by atoms with Gasteiger partial charge < -0.3 is 15.4 Å². The van der Waals surface area contributed by atoms with Crippen LogP contribution in [0.5, 0.6) is 5.75 Å². The number of nitro groups is 1. The molecule has 0 saturated carbocycles. The van der Waals surface area contributed by atoms with Crippen molar-refractivity contribution < 1.29 is 19.2 Å². The van der Waals surface area contributed by atoms with Crippen molar-refractivity contribution in [2.24, 2.45) is 0 Å². The SMILES string of the molecule is CCCC(=O)Nc1ccc(NC(=O)COc2ccccc2[N+](=O)[O-])cc1. The van der Waals surface area contributed by atoms with E-state index < -0.39 is 10.8 Å². The van der Waals surface area contributed by atoms with Crippen LogP contribution >= 0.6 is 0 Å². The molecule has 8 heteroatoms. The first-order valence-electron chi connectivity index (χ1n) is 8.05. The maximum Gasteiger partial charge on any atom is 0.310 e. The molecule has 0 unspecified atom stereocenters. The molecule has 2 rings (SSSR count). The summed E-state index contributed by atoms with van der Waals surface area (Å²) in [7, 11) is 0. The molecule has 0 bridgehead atoms. The van der Waals surface area contributed by atoms with Gasteiger partial charge in [0.25, 0.3) is 5.91 Å². The Kier molecular flexibility index (Phi) is 6.67. The molecular formula is C18H19N3O5. The third-order valence-corrected chi connectivity index (χ3v) is 3.35. The molecule has 0 aliphatic heterocycles. The minimum atomic E-state index is -0.571. The fourth-order valence-electron chi connectivity index (χ4n) is 2.16. The number of hydrogen-bond donors (Lipinski definition) is 2. The van der Waals surface area contributed by atoms with Gasteiger partial charge in [0.2, 0.25) is 5.91 Å². The van der Waals surface area contributed by atoms with Crippen LogP contribution in [0.2, 0.25) is 0 Å². The maximum absolute atomic E-state index is 11.9. The minimum absolute atomic E-state index is 0.0293. The number of carbonyl (C=O) groups excluding carboxylic acids is 2. The Morgan fingerprint density at radius 2 is 1.58 bits per heavy atom. The summed E-state index contributed by atoms with van der Waals surface area (Å²) in [6.07, 6.45) is 1.21. The molecule has 0 atom stereocenters. The first-order valence-corrected chi connectivity index (χ1v) is 8.05. The van der Waals surface area contributed by atoms with Gasteiger partial charge in [-0.3, -0.25) is 19.7 Å². The first kappa shape index (κ1) is 18.9. The maximum atomic E-state index is 11.9. The second-order valence-electron chi connectivity index (χ2n) is 5.44. The van der Waals surface area contributed by atoms with Gasteiger partial charge >= 0.3 is 5.69 Å². The number of anilines is 2. The van der Waals surface area contributed by atoms with Crippen LogP contribution in [0.1, 0.15) is 19.8 Å². The number of carbonyl (C=O) groups is 2. The molecule has 0 saturated heterocycles. The Morgan fingerprint density at radius 3 is 2.15 bits per heavy atom. The van der Waals surface area contributed by atoms with E-state index in [1.165, 1.54) is 18.2 Å². The molecule has 2 aromatic carbocycles. The molecule has 136 valence electrons. The topological polar surface area (TPSA) is 111 Å². The van der Waals surface area contributed by atoms with Gasteiger partial charge in [-0.15, -0.1) is 0 Å². The summed E-state index contributed by atoms with van der Waals surface area (Å²) in [6, 6.07) is 12.5. The zero-order chi connectivity index (χ0) is 18.9. The van der Waals surface area contributed by atoms with E-state index in [-0.39, 0.29) is 24.0 Å². The van der Waals surface area contributed by atoms with E-state index in [2.05, 4.69) is 10.6 Å². The predicted octanol–water partition coefficient (Wildman–Crippen LogP) is 3.35. The van der Waals surface area contributed by atoms with Crippen LogP contribution < -0.4 is 15.4 Å². The van der Waals surface area contributed by atoms with Crippen molar-refractivity contribution in [3.8, 4) is 5.75 Å². The molecule has 0 aliphatic carbocycles. The summed E-state index contributed by atoms with van der Waals surface area (Å²) in [5.74, 6) is -0.491. The van der Waals surface area contributed by atoms with E-state index in [4.69, 9.17) is 4.74 Å². The lowest BCUT2D eigenvalue weighted by molar-refractivity contribution is -0.385. The Bertz CT molecular complexity index is 790. The Balaban J connectivity index is 1.88. The van der Waals surface area contributed by atoms with E-state index in [1.807, 2.05) is 6.92 Å². The Morgan fingerprint density at radius 1 is 1.00 bits per heavy atom. The molecule has 2 aromatic rings. The zero-order valence-electron chi connectivity index (χ0n) is 14.2. The number of hydrogen-bond acceptors (Lipinski definition) is 5. The smallest absolute Gasteiger partial charge is 0.310 e. The highest BCUT2D eigenvalue weighted by Gasteiger charge is 2.15. The van der Waals surface area contributed by atoms with Crippen LogP contribution in [0.3, 0.4) is 0 Å². The van der Waals surface area contributed by atoms with Crippen LogP contribution in [0.15, 0.2) is 48.5 Å². The van der Waals surface area contributed by atoms with Crippen molar-refractivity contribution in [3.63, 3.8) is 0 Å². The second kappa shape index (κ2) is 9.16. The summed E-state index contributed by atoms with van der Waals surface area (Å²) in [6.45, 7) is 1.56. The third kappa shape index (κ3) is 5.59. The second-order valence-corrected chi connectivity index (χ2v) is 5.44. The minimum Gasteiger partial charge on any atom is -0.477 e. The van der Waals surface area contributed by atoms with E-state index >= 15 is 0 Å². The fraction of sp³-hybridized carbons (Fsp3) is 0.222. The summed E-state index contributed by atoms with van der Waals surface area (Å²) < 4.78 is 5.22. The van der Waals surface area contributed by atoms with Gasteiger partial charge in [-0.2, -0.15) is 0 Å². The van der Waals surface area contributed by atoms with Crippen molar-refractivity contribution in [1.29, 1.82) is 0 Å². The van der Waals surface area contributed by atoms with Crippen molar-refractivity contribution >= 4 is 28.9 Å². The van der Waals surface area contributed by atoms with E-state index in [0.717, 1.165) is 6.42 Å². The van der Waals surface area contributed by atoms with Gasteiger partial charge in [0.15, 0.2) is 12.4 Å². The third-order valence-electron chi connectivity index (χ3n) is 3.35. The Labute approximate surface area is 150 Å². The first-order chi connectivity index (χ1) is 12.5. The van der Waals surface area contributed by atoms with Gasteiger partial charge in [-0.25, -0.2) is 0 Å². The highest BCUT2D eigenvalue weighted by Crippen LogP contribution is 2.25. The van der Waals surface area contributed by atoms with Crippen LogP contribution in [-0.2, 0) is 9.59 Å². The molecular weight excluding hydrogens is 338 g/mol. The lowest BCUT2D eigenvalue weighted by Crippen LogP contribution is -2.20. The average Bonchev–Trinajstić information content (AvgIpc) is 2.62. The molecule has 8 nitrogen and oxygen atoms in total. The van der Waals surface area contributed by atoms with Gasteiger partial charge in [-0.1, -0.05) is 19.1 Å². The van der Waals surface area contributed by atoms with Crippen molar-refractivity contribution in [3.05, 3.63) is 58.6 Å². The van der Waals surface area contributed by atoms with Crippen LogP contribution in [-0.4, -0.2) is 23.3 Å². The predicted molar refractivity (Wildman–Crippen MR) is 97.2 cm³/mol.